The van der Waals surface area contributed by atoms with Crippen molar-refractivity contribution in [1.82, 2.24) is 9.88 Å². The summed E-state index contributed by atoms with van der Waals surface area (Å²) in [6.07, 6.45) is 6.33. The van der Waals surface area contributed by atoms with Crippen LogP contribution in [0, 0.1) is 6.92 Å². The highest BCUT2D eigenvalue weighted by atomic mass is 16.5. The molecule has 122 valence electrons. The minimum absolute atomic E-state index is 0.0287. The minimum Gasteiger partial charge on any atom is -0.435 e. The van der Waals surface area contributed by atoms with E-state index in [2.05, 4.69) is 4.98 Å². The third-order valence-electron chi connectivity index (χ3n) is 4.67. The number of amides is 1. The Morgan fingerprint density at radius 1 is 1.23 bits per heavy atom. The highest BCUT2D eigenvalue weighted by Crippen LogP contribution is 2.27. The Kier molecular flexibility index (Phi) is 4.52. The maximum Gasteiger partial charge on any atom is 0.291 e. The van der Waals surface area contributed by atoms with Gasteiger partial charge in [0.05, 0.1) is 17.9 Å². The molecule has 3 rings (SSSR count). The molecule has 1 saturated heterocycles. The van der Waals surface area contributed by atoms with Crippen LogP contribution in [0.3, 0.4) is 0 Å². The first-order chi connectivity index (χ1) is 10.5. The molecule has 5 nitrogen and oxygen atoms in total. The summed E-state index contributed by atoms with van der Waals surface area (Å²) >= 11 is 0. The zero-order chi connectivity index (χ0) is 15.7. The molecular weight excluding hydrogens is 280 g/mol. The van der Waals surface area contributed by atoms with Crippen LogP contribution in [0.1, 0.15) is 74.0 Å². The molecule has 0 N–H and O–H groups in total. The summed E-state index contributed by atoms with van der Waals surface area (Å²) in [7, 11) is 0. The van der Waals surface area contributed by atoms with Gasteiger partial charge in [0, 0.05) is 19.0 Å². The predicted octanol–water partition coefficient (Wildman–Crippen LogP) is 3.28. The topological polar surface area (TPSA) is 55.6 Å². The zero-order valence-corrected chi connectivity index (χ0v) is 13.8. The summed E-state index contributed by atoms with van der Waals surface area (Å²) < 4.78 is 11.7. The average molecular weight is 306 g/mol. The summed E-state index contributed by atoms with van der Waals surface area (Å²) in [5.41, 5.74) is 0.696. The molecule has 2 fully saturated rings. The number of oxazole rings is 1. The van der Waals surface area contributed by atoms with E-state index in [1.807, 2.05) is 25.7 Å². The molecule has 0 atom stereocenters. The van der Waals surface area contributed by atoms with Crippen LogP contribution in [-0.4, -0.2) is 41.1 Å². The number of hydrogen-bond donors (Lipinski definition) is 0. The molecule has 2 aliphatic rings. The fourth-order valence-corrected chi connectivity index (χ4v) is 2.98. The largest absolute Gasteiger partial charge is 0.435 e. The monoisotopic (exact) mass is 306 g/mol. The summed E-state index contributed by atoms with van der Waals surface area (Å²) in [4.78, 5) is 18.8. The molecule has 1 aromatic heterocycles. The number of aromatic nitrogens is 1. The number of likely N-dealkylation sites (tertiary alicyclic amines) is 1. The Morgan fingerprint density at radius 2 is 1.86 bits per heavy atom. The van der Waals surface area contributed by atoms with Gasteiger partial charge in [-0.2, -0.15) is 0 Å². The Hall–Kier alpha value is -1.36. The highest BCUT2D eigenvalue weighted by molar-refractivity contribution is 5.92. The lowest BCUT2D eigenvalue weighted by Crippen LogP contribution is -2.42. The fourth-order valence-electron chi connectivity index (χ4n) is 2.98. The Balaban J connectivity index is 1.57. The van der Waals surface area contributed by atoms with E-state index in [0.29, 0.717) is 29.6 Å². The molecule has 1 saturated carbocycles. The number of rotatable bonds is 4. The molecule has 0 radical (unpaired) electrons. The lowest BCUT2D eigenvalue weighted by atomic mass is 9.95. The van der Waals surface area contributed by atoms with Gasteiger partial charge in [-0.1, -0.05) is 13.8 Å². The standard InChI is InChI=1S/C17H26N2O3/c1-11(2)16-18-12(3)15(22-16)17(20)19-9-7-14(8-10-19)21-13-5-4-6-13/h11,13-14H,4-10H2,1-3H3. The van der Waals surface area contributed by atoms with Crippen LogP contribution in [0.5, 0.6) is 0 Å². The number of nitrogens with zero attached hydrogens (tertiary/aromatic N) is 2. The van der Waals surface area contributed by atoms with E-state index < -0.39 is 0 Å². The first-order valence-corrected chi connectivity index (χ1v) is 8.46. The molecule has 2 heterocycles. The molecule has 1 aliphatic heterocycles. The molecule has 22 heavy (non-hydrogen) atoms. The number of carbonyl (C=O) groups is 1. The lowest BCUT2D eigenvalue weighted by molar-refractivity contribution is -0.0707. The van der Waals surface area contributed by atoms with Crippen LogP contribution in [-0.2, 0) is 4.74 Å². The number of carbonyl (C=O) groups excluding carboxylic acids is 1. The molecule has 0 bridgehead atoms. The van der Waals surface area contributed by atoms with E-state index in [4.69, 9.17) is 9.15 Å². The second kappa shape index (κ2) is 6.41. The van der Waals surface area contributed by atoms with Crippen molar-refractivity contribution in [3.63, 3.8) is 0 Å². The quantitative estimate of drug-likeness (QED) is 0.856. The van der Waals surface area contributed by atoms with Gasteiger partial charge < -0.3 is 14.1 Å². The lowest BCUT2D eigenvalue weighted by Gasteiger charge is -2.36. The predicted molar refractivity (Wildman–Crippen MR) is 83.0 cm³/mol. The Bertz CT molecular complexity index is 526. The average Bonchev–Trinajstić information content (AvgIpc) is 2.85. The first-order valence-electron chi connectivity index (χ1n) is 8.46. The molecule has 1 aromatic rings. The van der Waals surface area contributed by atoms with Gasteiger partial charge >= 0.3 is 0 Å². The van der Waals surface area contributed by atoms with Gasteiger partial charge in [-0.05, 0) is 39.0 Å². The molecule has 1 amide bonds. The molecule has 0 aromatic carbocycles. The van der Waals surface area contributed by atoms with E-state index >= 15 is 0 Å². The van der Waals surface area contributed by atoms with Crippen LogP contribution < -0.4 is 0 Å². The van der Waals surface area contributed by atoms with Gasteiger partial charge in [-0.15, -0.1) is 0 Å². The number of aryl methyl sites for hydroxylation is 1. The fraction of sp³-hybridized carbons (Fsp3) is 0.765. The number of ether oxygens (including phenoxy) is 1. The first kappa shape index (κ1) is 15.5. The second-order valence-corrected chi connectivity index (χ2v) is 6.80. The van der Waals surface area contributed by atoms with Crippen molar-refractivity contribution in [2.24, 2.45) is 0 Å². The molecular formula is C17H26N2O3. The van der Waals surface area contributed by atoms with Crippen molar-refractivity contribution in [2.45, 2.75) is 71.0 Å². The summed E-state index contributed by atoms with van der Waals surface area (Å²) in [6, 6.07) is 0. The zero-order valence-electron chi connectivity index (χ0n) is 13.8. The van der Waals surface area contributed by atoms with E-state index in [0.717, 1.165) is 25.9 Å². The Labute approximate surface area is 132 Å². The second-order valence-electron chi connectivity index (χ2n) is 6.80. The van der Waals surface area contributed by atoms with E-state index in [1.54, 1.807) is 0 Å². The van der Waals surface area contributed by atoms with Gasteiger partial charge in [0.2, 0.25) is 5.76 Å². The van der Waals surface area contributed by atoms with Gasteiger partial charge in [-0.3, -0.25) is 4.79 Å². The van der Waals surface area contributed by atoms with Crippen molar-refractivity contribution in [1.29, 1.82) is 0 Å². The summed E-state index contributed by atoms with van der Waals surface area (Å²) in [5, 5.41) is 0. The van der Waals surface area contributed by atoms with Gasteiger partial charge in [0.15, 0.2) is 5.89 Å². The molecule has 1 aliphatic carbocycles. The third-order valence-corrected chi connectivity index (χ3v) is 4.67. The molecule has 5 heteroatoms. The molecule has 0 unspecified atom stereocenters. The van der Waals surface area contributed by atoms with Crippen molar-refractivity contribution >= 4 is 5.91 Å². The smallest absolute Gasteiger partial charge is 0.291 e. The van der Waals surface area contributed by atoms with Gasteiger partial charge in [0.25, 0.3) is 5.91 Å². The summed E-state index contributed by atoms with van der Waals surface area (Å²) in [5.74, 6) is 1.21. The molecule has 0 spiro atoms. The van der Waals surface area contributed by atoms with Crippen LogP contribution in [0.15, 0.2) is 4.42 Å². The van der Waals surface area contributed by atoms with Gasteiger partial charge in [0.1, 0.15) is 0 Å². The van der Waals surface area contributed by atoms with Crippen LogP contribution >= 0.6 is 0 Å². The van der Waals surface area contributed by atoms with Crippen molar-refractivity contribution in [2.75, 3.05) is 13.1 Å². The van der Waals surface area contributed by atoms with Crippen LogP contribution in [0.25, 0.3) is 0 Å². The van der Waals surface area contributed by atoms with Gasteiger partial charge in [-0.25, -0.2) is 4.98 Å². The number of hydrogen-bond acceptors (Lipinski definition) is 4. The van der Waals surface area contributed by atoms with Crippen molar-refractivity contribution < 1.29 is 13.9 Å². The minimum atomic E-state index is -0.0287. The normalized spacial score (nSPS) is 20.5. The van der Waals surface area contributed by atoms with Crippen LogP contribution in [0.2, 0.25) is 0 Å². The third kappa shape index (κ3) is 3.19. The van der Waals surface area contributed by atoms with Crippen molar-refractivity contribution in [3.8, 4) is 0 Å². The maximum atomic E-state index is 12.6. The maximum absolute atomic E-state index is 12.6. The highest BCUT2D eigenvalue weighted by Gasteiger charge is 2.30. The van der Waals surface area contributed by atoms with E-state index in [-0.39, 0.29) is 11.8 Å². The van der Waals surface area contributed by atoms with Crippen LogP contribution in [0.4, 0.5) is 0 Å². The Morgan fingerprint density at radius 3 is 2.36 bits per heavy atom. The SMILES string of the molecule is Cc1nc(C(C)C)oc1C(=O)N1CCC(OC2CCC2)CC1. The van der Waals surface area contributed by atoms with E-state index in [1.165, 1.54) is 19.3 Å². The summed E-state index contributed by atoms with van der Waals surface area (Å²) in [6.45, 7) is 7.36. The number of piperidine rings is 1. The van der Waals surface area contributed by atoms with E-state index in [9.17, 15) is 4.79 Å². The van der Waals surface area contributed by atoms with Crippen molar-refractivity contribution in [3.05, 3.63) is 17.3 Å².